The quantitative estimate of drug-likeness (QED) is 0.0297. The highest BCUT2D eigenvalue weighted by atomic mass is 16.8. The minimum atomic E-state index is -2.33. The van der Waals surface area contributed by atoms with Gasteiger partial charge in [-0.15, -0.1) is 0 Å². The van der Waals surface area contributed by atoms with Crippen molar-refractivity contribution in [3.63, 3.8) is 0 Å². The van der Waals surface area contributed by atoms with Gasteiger partial charge in [0.2, 0.25) is 18.1 Å². The van der Waals surface area contributed by atoms with Crippen molar-refractivity contribution in [3.05, 3.63) is 29.8 Å². The third-order valence-electron chi connectivity index (χ3n) is 25.7. The summed E-state index contributed by atoms with van der Waals surface area (Å²) in [6.07, 6.45) is -97.6. The van der Waals surface area contributed by atoms with Crippen molar-refractivity contribution < 1.29 is 262 Å². The van der Waals surface area contributed by atoms with E-state index in [1.54, 1.807) is 12.1 Å². The van der Waals surface area contributed by atoms with Crippen molar-refractivity contribution in [3.8, 4) is 5.75 Å². The van der Waals surface area contributed by atoms with Gasteiger partial charge in [0.25, 0.3) is 0 Å². The van der Waals surface area contributed by atoms with E-state index in [0.29, 0.717) is 6.42 Å². The molecule has 0 aliphatic carbocycles. The van der Waals surface area contributed by atoms with E-state index in [2.05, 4.69) is 10.6 Å². The first kappa shape index (κ1) is 108. The van der Waals surface area contributed by atoms with E-state index in [1.165, 1.54) is 19.2 Å². The van der Waals surface area contributed by atoms with Crippen LogP contribution in [0.5, 0.6) is 5.75 Å². The highest BCUT2D eigenvalue weighted by molar-refractivity contribution is 5.91. The first-order valence-electron chi connectivity index (χ1n) is 42.9. The zero-order valence-corrected chi connectivity index (χ0v) is 71.7. The molecule has 0 radical (unpaired) electrons. The second-order valence-corrected chi connectivity index (χ2v) is 34.4. The van der Waals surface area contributed by atoms with E-state index in [9.17, 15) is 158 Å². The van der Waals surface area contributed by atoms with Gasteiger partial charge in [-0.2, -0.15) is 0 Å². The van der Waals surface area contributed by atoms with Crippen LogP contribution >= 0.6 is 0 Å². The molecule has 11 fully saturated rings. The van der Waals surface area contributed by atoms with Crippen LogP contribution in [-0.2, 0) is 115 Å². The van der Waals surface area contributed by atoms with E-state index in [1.807, 2.05) is 13.8 Å². The third kappa shape index (κ3) is 22.5. The van der Waals surface area contributed by atoms with Crippen molar-refractivity contribution in [2.24, 2.45) is 11.1 Å². The van der Waals surface area contributed by atoms with Crippen LogP contribution in [0, 0.1) is 5.41 Å². The molecule has 11 aliphatic rings. The van der Waals surface area contributed by atoms with Gasteiger partial charge in [0.15, 0.2) is 56.6 Å². The van der Waals surface area contributed by atoms with Gasteiger partial charge in [-0.1, -0.05) is 26.0 Å². The molecule has 133 heavy (non-hydrogen) atoms. The second-order valence-electron chi connectivity index (χ2n) is 34.4. The molecule has 1 aromatic rings. The minimum Gasteiger partial charge on any atom is -0.462 e. The maximum Gasteiger partial charge on any atom is 0.243 e. The normalized spacial score (nSPS) is 48.8. The SMILES string of the molecule is COC1C(CO)OC(OC2C(CO)OC(OC3C(CO)OC(OC4C(CO)OC(OC5C(CO)OC(OC6C(CO)OC(OC7C(CO)OC(OC8C(CO)OC(OC9C(CO)OC(OC%10C(CO)OC(Oc%11ccc(CC%12NC(=O)C(NC(=O)CN)C%12(C)C)cc%11)C(O)C%10O)C(OC)C9O)C(O)C8O)C(O)C7O)C(O)C6O)C(O)C5O)C(O)C4O)C(O)C3O)C(O)C2O)C(O)C1O. The fourth-order valence-electron chi connectivity index (χ4n) is 17.9. The number of methoxy groups -OCH3 is 2. The van der Waals surface area contributed by atoms with E-state index in [4.69, 9.17) is 110 Å². The summed E-state index contributed by atoms with van der Waals surface area (Å²) in [6.45, 7) is -7.00. The van der Waals surface area contributed by atoms with Crippen LogP contribution < -0.4 is 21.1 Å². The van der Waals surface area contributed by atoms with Gasteiger partial charge in [0.05, 0.1) is 72.6 Å². The molecule has 0 spiro atoms. The Bertz CT molecular complexity index is 3730. The molecule has 11 saturated heterocycles. The molecule has 33 N–H and O–H groups in total. The largest absolute Gasteiger partial charge is 0.462 e. The maximum absolute atomic E-state index is 12.8. The fraction of sp³-hybridized carbons (Fsp3) is 0.896. The molecular weight excluding hydrogens is 1810 g/mol. The number of rotatable bonds is 36. The van der Waals surface area contributed by atoms with E-state index in [-0.39, 0.29) is 18.2 Å². The Balaban J connectivity index is 0.603. The molecule has 2 amide bonds. The molecule has 52 atom stereocenters. The van der Waals surface area contributed by atoms with Crippen LogP contribution in [0.15, 0.2) is 24.3 Å². The first-order valence-corrected chi connectivity index (χ1v) is 42.9. The monoisotopic (exact) mass is 1940 g/mol. The van der Waals surface area contributed by atoms with Crippen molar-refractivity contribution in [1.29, 1.82) is 0 Å². The zero-order chi connectivity index (χ0) is 97.1. The van der Waals surface area contributed by atoms with E-state index in [0.717, 1.165) is 12.7 Å². The van der Waals surface area contributed by atoms with Gasteiger partial charge in [0, 0.05) is 25.7 Å². The summed E-state index contributed by atoms with van der Waals surface area (Å²) in [5.41, 5.74) is 5.45. The molecule has 0 aromatic heterocycles. The van der Waals surface area contributed by atoms with Gasteiger partial charge < -0.3 is 269 Å². The van der Waals surface area contributed by atoms with Crippen LogP contribution in [-0.4, -0.2) is 566 Å². The lowest BCUT2D eigenvalue weighted by Gasteiger charge is -2.50. The van der Waals surface area contributed by atoms with Gasteiger partial charge in [-0.05, 0) is 24.1 Å². The maximum atomic E-state index is 12.8. The first-order chi connectivity index (χ1) is 63.3. The summed E-state index contributed by atoms with van der Waals surface area (Å²) in [7, 11) is 2.25. The Morgan fingerprint density at radius 2 is 0.526 bits per heavy atom. The Morgan fingerprint density at radius 3 is 0.767 bits per heavy atom. The molecule has 52 unspecified atom stereocenters. The molecule has 12 rings (SSSR count). The number of aliphatic hydroxyl groups excluding tert-OH is 29. The number of nitrogens with two attached hydrogens (primary N) is 1. The van der Waals surface area contributed by atoms with E-state index >= 15 is 0 Å². The van der Waals surface area contributed by atoms with Crippen LogP contribution in [0.4, 0.5) is 0 Å². The highest BCUT2D eigenvalue weighted by Gasteiger charge is 2.63. The predicted molar refractivity (Wildman–Crippen MR) is 415 cm³/mol. The standard InChI is InChI=1S/C77H125N3O53/c1-77(2)33(79-66(111)65(77)80-34(91)10-78)9-21-5-7-22(8-6-21)114-67-45(102)36(93)62(31(19-89)116-67)133-76-64(113-4)53(110)63(32(20-90)124-76)132-75-52(109)43(100)61(30(18-88)123-75)131-74-51(108)42(99)60(29(17-87)122-74)130-73-50(107)41(98)59(28(16-86)121-73)129-72-49(106)40(97)58(27(15-85)120-72)128-71-48(105)39(96)57(26(14-84)119-71)127-70-47(104)38(95)56(25(13-83)118-70)126-69-46(103)37(94)55(24(12-82)117-69)125-68-44(101)35(92)54(112-3)23(11-81)115-68/h5-8,23-33,35-65,67-76,81-90,92-110H,9-20,78H2,1-4H3,(H,79,111)(H,80,91). The van der Waals surface area contributed by atoms with E-state index < -0.39 is 397 Å². The van der Waals surface area contributed by atoms with Crippen LogP contribution in [0.3, 0.4) is 0 Å². The summed E-state index contributed by atoms with van der Waals surface area (Å²) in [5.74, 6) is -0.747. The minimum absolute atomic E-state index is 0.134. The number of nitrogens with one attached hydrogen (secondary N) is 2. The molecule has 56 nitrogen and oxygen atoms in total. The number of hydrogen-bond acceptors (Lipinski definition) is 54. The Morgan fingerprint density at radius 1 is 0.316 bits per heavy atom. The third-order valence-corrected chi connectivity index (χ3v) is 25.7. The van der Waals surface area contributed by atoms with Crippen molar-refractivity contribution >= 4 is 11.8 Å². The van der Waals surface area contributed by atoms with Crippen molar-refractivity contribution in [2.45, 2.75) is 339 Å². The van der Waals surface area contributed by atoms with Crippen LogP contribution in [0.1, 0.15) is 19.4 Å². The summed E-state index contributed by atoms with van der Waals surface area (Å²) >= 11 is 0. The molecule has 11 heterocycles. The predicted octanol–water partition coefficient (Wildman–Crippen LogP) is -20.9. The average Bonchev–Trinajstić information content (AvgIpc) is 1.48. The summed E-state index contributed by atoms with van der Waals surface area (Å²) in [6, 6.07) is 5.13. The highest BCUT2D eigenvalue weighted by Crippen LogP contribution is 2.43. The lowest BCUT2D eigenvalue weighted by atomic mass is 9.78. The topological polar surface area (TPSA) is 874 Å². The fourth-order valence-corrected chi connectivity index (χ4v) is 17.9. The second kappa shape index (κ2) is 46.8. The lowest BCUT2D eigenvalue weighted by Crippen LogP contribution is -2.68. The van der Waals surface area contributed by atoms with Gasteiger partial charge >= 0.3 is 0 Å². The number of carbonyl (C=O) groups is 2. The van der Waals surface area contributed by atoms with Gasteiger partial charge in [-0.3, -0.25) is 9.59 Å². The molecule has 766 valence electrons. The number of amides is 2. The average molecular weight is 1940 g/mol. The molecular formula is C77H125N3O53. The van der Waals surface area contributed by atoms with Crippen molar-refractivity contribution in [1.82, 2.24) is 10.6 Å². The molecule has 11 aliphatic heterocycles. The lowest BCUT2D eigenvalue weighted by molar-refractivity contribution is -0.401. The molecule has 0 saturated carbocycles. The number of ether oxygens (including phenoxy) is 22. The summed E-state index contributed by atoms with van der Waals surface area (Å²) < 4.78 is 126. The number of carbonyl (C=O) groups excluding carboxylic acids is 2. The van der Waals surface area contributed by atoms with Crippen molar-refractivity contribution in [2.75, 3.05) is 86.8 Å². The Labute approximate surface area is 755 Å². The van der Waals surface area contributed by atoms with Gasteiger partial charge in [-0.25, -0.2) is 0 Å². The zero-order valence-electron chi connectivity index (χ0n) is 71.7. The molecule has 56 heteroatoms. The Hall–Kier alpha value is -4.08. The Kier molecular flexibility index (Phi) is 37.9. The smallest absolute Gasteiger partial charge is 0.243 e. The van der Waals surface area contributed by atoms with Gasteiger partial charge in [0.1, 0.15) is 256 Å². The molecule has 0 bridgehead atoms. The van der Waals surface area contributed by atoms with Crippen LogP contribution in [0.25, 0.3) is 0 Å². The number of hydrogen-bond donors (Lipinski definition) is 32. The number of aliphatic hydroxyl groups is 29. The number of benzene rings is 1. The summed E-state index contributed by atoms with van der Waals surface area (Å²) in [5, 5.41) is 327. The molecule has 1 aromatic carbocycles. The summed E-state index contributed by atoms with van der Waals surface area (Å²) in [4.78, 5) is 24.9. The van der Waals surface area contributed by atoms with Crippen LogP contribution in [0.2, 0.25) is 0 Å².